The zero-order valence-electron chi connectivity index (χ0n) is 16.2. The lowest BCUT2D eigenvalue weighted by Gasteiger charge is -2.09. The molecule has 6 nitrogen and oxygen atoms in total. The van der Waals surface area contributed by atoms with Gasteiger partial charge < -0.3 is 19.8 Å². The third-order valence-electron chi connectivity index (χ3n) is 4.40. The van der Waals surface area contributed by atoms with Crippen molar-refractivity contribution < 1.29 is 13.9 Å². The molecule has 6 heteroatoms. The summed E-state index contributed by atoms with van der Waals surface area (Å²) in [7, 11) is 0. The second-order valence-corrected chi connectivity index (χ2v) is 6.62. The van der Waals surface area contributed by atoms with Crippen molar-refractivity contribution in [3.63, 3.8) is 0 Å². The van der Waals surface area contributed by atoms with Gasteiger partial charge in [-0.05, 0) is 54.1 Å². The van der Waals surface area contributed by atoms with Crippen molar-refractivity contribution in [2.24, 2.45) is 0 Å². The van der Waals surface area contributed by atoms with Gasteiger partial charge in [0.1, 0.15) is 23.8 Å². The SMILES string of the molecule is O=C(Nc1ccc(OCc2ccccc2)cc1)c1cc(NCc2ccco2)ccn1. The zero-order chi connectivity index (χ0) is 20.6. The number of hydrogen-bond donors (Lipinski definition) is 2. The fourth-order valence-corrected chi connectivity index (χ4v) is 2.84. The zero-order valence-corrected chi connectivity index (χ0v) is 16.2. The Hall–Kier alpha value is -4.06. The molecule has 0 aliphatic rings. The van der Waals surface area contributed by atoms with Crippen molar-refractivity contribution in [3.8, 4) is 5.75 Å². The maximum Gasteiger partial charge on any atom is 0.274 e. The van der Waals surface area contributed by atoms with Crippen LogP contribution in [0.4, 0.5) is 11.4 Å². The van der Waals surface area contributed by atoms with Gasteiger partial charge in [0, 0.05) is 17.6 Å². The fraction of sp³-hybridized carbons (Fsp3) is 0.0833. The maximum absolute atomic E-state index is 12.5. The summed E-state index contributed by atoms with van der Waals surface area (Å²) >= 11 is 0. The van der Waals surface area contributed by atoms with Gasteiger partial charge in [0.15, 0.2) is 0 Å². The molecule has 0 saturated heterocycles. The smallest absolute Gasteiger partial charge is 0.274 e. The highest BCUT2D eigenvalue weighted by Crippen LogP contribution is 2.18. The highest BCUT2D eigenvalue weighted by atomic mass is 16.5. The van der Waals surface area contributed by atoms with Crippen LogP contribution in [0.3, 0.4) is 0 Å². The lowest BCUT2D eigenvalue weighted by atomic mass is 10.2. The molecule has 4 rings (SSSR count). The monoisotopic (exact) mass is 399 g/mol. The van der Waals surface area contributed by atoms with Crippen LogP contribution in [0.1, 0.15) is 21.8 Å². The van der Waals surface area contributed by atoms with Crippen molar-refractivity contribution in [2.45, 2.75) is 13.2 Å². The van der Waals surface area contributed by atoms with Crippen molar-refractivity contribution in [3.05, 3.63) is 108 Å². The van der Waals surface area contributed by atoms with Gasteiger partial charge in [0.05, 0.1) is 12.8 Å². The largest absolute Gasteiger partial charge is 0.489 e. The number of furan rings is 1. The number of hydrogen-bond acceptors (Lipinski definition) is 5. The van der Waals surface area contributed by atoms with E-state index in [1.807, 2.05) is 54.6 Å². The number of anilines is 2. The predicted molar refractivity (Wildman–Crippen MR) is 115 cm³/mol. The normalized spacial score (nSPS) is 10.4. The first-order valence-corrected chi connectivity index (χ1v) is 9.57. The van der Waals surface area contributed by atoms with E-state index in [1.54, 1.807) is 36.7 Å². The van der Waals surface area contributed by atoms with Crippen LogP contribution in [-0.4, -0.2) is 10.9 Å². The van der Waals surface area contributed by atoms with Gasteiger partial charge in [-0.1, -0.05) is 30.3 Å². The maximum atomic E-state index is 12.5. The molecule has 2 N–H and O–H groups in total. The molecule has 0 unspecified atom stereocenters. The molecule has 0 aliphatic carbocycles. The van der Waals surface area contributed by atoms with Crippen molar-refractivity contribution in [2.75, 3.05) is 10.6 Å². The minimum atomic E-state index is -0.283. The molecule has 150 valence electrons. The van der Waals surface area contributed by atoms with Gasteiger partial charge in [-0.25, -0.2) is 0 Å². The topological polar surface area (TPSA) is 76.4 Å². The summed E-state index contributed by atoms with van der Waals surface area (Å²) in [5.74, 6) is 1.26. The summed E-state index contributed by atoms with van der Waals surface area (Å²) in [5, 5.41) is 6.06. The molecular weight excluding hydrogens is 378 g/mol. The molecule has 0 aliphatic heterocycles. The Kier molecular flexibility index (Phi) is 6.05. The first-order valence-electron chi connectivity index (χ1n) is 9.57. The average Bonchev–Trinajstić information content (AvgIpc) is 3.32. The van der Waals surface area contributed by atoms with Gasteiger partial charge >= 0.3 is 0 Å². The Morgan fingerprint density at radius 3 is 2.53 bits per heavy atom. The number of amides is 1. The molecule has 0 radical (unpaired) electrons. The lowest BCUT2D eigenvalue weighted by molar-refractivity contribution is 0.102. The van der Waals surface area contributed by atoms with Gasteiger partial charge in [0.2, 0.25) is 0 Å². The molecule has 2 heterocycles. The fourth-order valence-electron chi connectivity index (χ4n) is 2.84. The van der Waals surface area contributed by atoms with Crippen LogP contribution in [0.25, 0.3) is 0 Å². The quantitative estimate of drug-likeness (QED) is 0.430. The summed E-state index contributed by atoms with van der Waals surface area (Å²) in [4.78, 5) is 16.7. The molecular formula is C24H21N3O3. The summed E-state index contributed by atoms with van der Waals surface area (Å²) in [5.41, 5.74) is 2.88. The molecule has 1 amide bonds. The molecule has 0 saturated carbocycles. The summed E-state index contributed by atoms with van der Waals surface area (Å²) in [6.45, 7) is 1.02. The van der Waals surface area contributed by atoms with Gasteiger partial charge in [-0.3, -0.25) is 9.78 Å². The number of rotatable bonds is 8. The molecule has 0 spiro atoms. The average molecular weight is 399 g/mol. The molecule has 4 aromatic rings. The predicted octanol–water partition coefficient (Wildman–Crippen LogP) is 5.12. The van der Waals surface area contributed by atoms with E-state index in [9.17, 15) is 4.79 Å². The van der Waals surface area contributed by atoms with Crippen molar-refractivity contribution in [1.82, 2.24) is 4.98 Å². The van der Waals surface area contributed by atoms with E-state index in [4.69, 9.17) is 9.15 Å². The number of carbonyl (C=O) groups is 1. The number of ether oxygens (including phenoxy) is 1. The molecule has 0 fully saturated rings. The minimum Gasteiger partial charge on any atom is -0.489 e. The molecule has 0 bridgehead atoms. The highest BCUT2D eigenvalue weighted by molar-refractivity contribution is 6.03. The van der Waals surface area contributed by atoms with Gasteiger partial charge in [-0.2, -0.15) is 0 Å². The van der Waals surface area contributed by atoms with Crippen LogP contribution >= 0.6 is 0 Å². The third kappa shape index (κ3) is 5.26. The minimum absolute atomic E-state index is 0.283. The highest BCUT2D eigenvalue weighted by Gasteiger charge is 2.09. The molecule has 2 aromatic carbocycles. The standard InChI is InChI=1S/C24H21N3O3/c28-24(23-15-20(12-13-25-23)26-16-22-7-4-14-29-22)27-19-8-10-21(11-9-19)30-17-18-5-2-1-3-6-18/h1-15H,16-17H2,(H,25,26)(H,27,28). The lowest BCUT2D eigenvalue weighted by Crippen LogP contribution is -2.14. The van der Waals surface area contributed by atoms with E-state index in [-0.39, 0.29) is 5.91 Å². The van der Waals surface area contributed by atoms with Crippen LogP contribution < -0.4 is 15.4 Å². The number of benzene rings is 2. The van der Waals surface area contributed by atoms with E-state index in [2.05, 4.69) is 15.6 Å². The van der Waals surface area contributed by atoms with Gasteiger partial charge in [0.25, 0.3) is 5.91 Å². The van der Waals surface area contributed by atoms with E-state index >= 15 is 0 Å². The number of nitrogens with one attached hydrogen (secondary N) is 2. The Morgan fingerprint density at radius 1 is 0.933 bits per heavy atom. The van der Waals surface area contributed by atoms with Crippen molar-refractivity contribution in [1.29, 1.82) is 0 Å². The summed E-state index contributed by atoms with van der Waals surface area (Å²) < 4.78 is 11.1. The van der Waals surface area contributed by atoms with Crippen LogP contribution in [0.2, 0.25) is 0 Å². The van der Waals surface area contributed by atoms with Crippen LogP contribution in [-0.2, 0) is 13.2 Å². The Labute approximate surface area is 174 Å². The molecule has 30 heavy (non-hydrogen) atoms. The van der Waals surface area contributed by atoms with E-state index in [0.29, 0.717) is 24.5 Å². The second kappa shape index (κ2) is 9.43. The number of aromatic nitrogens is 1. The van der Waals surface area contributed by atoms with Crippen LogP contribution in [0, 0.1) is 0 Å². The second-order valence-electron chi connectivity index (χ2n) is 6.62. The van der Waals surface area contributed by atoms with Crippen LogP contribution in [0.5, 0.6) is 5.75 Å². The van der Waals surface area contributed by atoms with E-state index in [1.165, 1.54) is 0 Å². The summed E-state index contributed by atoms with van der Waals surface area (Å²) in [6, 6.07) is 24.4. The Bertz CT molecular complexity index is 1080. The van der Waals surface area contributed by atoms with Crippen LogP contribution in [0.15, 0.2) is 95.7 Å². The number of pyridine rings is 1. The number of nitrogens with zero attached hydrogens (tertiary/aromatic N) is 1. The number of carbonyl (C=O) groups excluding carboxylic acids is 1. The van der Waals surface area contributed by atoms with Gasteiger partial charge in [-0.15, -0.1) is 0 Å². The summed E-state index contributed by atoms with van der Waals surface area (Å²) in [6.07, 6.45) is 3.22. The Balaban J connectivity index is 1.32. The van der Waals surface area contributed by atoms with Crippen molar-refractivity contribution >= 4 is 17.3 Å². The van der Waals surface area contributed by atoms with E-state index in [0.717, 1.165) is 22.8 Å². The molecule has 0 atom stereocenters. The third-order valence-corrected chi connectivity index (χ3v) is 4.40. The molecule has 2 aromatic heterocycles. The Morgan fingerprint density at radius 2 is 1.77 bits per heavy atom. The van der Waals surface area contributed by atoms with E-state index < -0.39 is 0 Å². The first kappa shape index (κ1) is 19.3. The first-order chi connectivity index (χ1) is 14.8.